The molecular formula is C34H39NO12. The standard InChI is InChI=1S/C34H39NO12/c1-15-29(39)20(35-13-16-6-8-17(37)9-7-16)10-24(46-15)47-22-12-34(44,23(38)14-36)11-19-26(22)33(43)28-27(31(19)41)30(40)18-4-3-5-21(45-2)25(18)32(28)42/h3-9,15,20,22,24,29-30,32,35-37,39-44H,10-14H2,1-2H3/t15-,20-,22-,24?,29+,30?,32?,34-/m0/s1. The molecule has 8 atom stereocenters. The van der Waals surface area contributed by atoms with Gasteiger partial charge in [0.05, 0.1) is 25.4 Å². The number of fused-ring (bicyclic) bond motifs is 3. The predicted octanol–water partition coefficient (Wildman–Crippen LogP) is 1.24. The fraction of sp³-hybridized carbons (Fsp3) is 0.441. The summed E-state index contributed by atoms with van der Waals surface area (Å²) in [6, 6.07) is 10.8. The van der Waals surface area contributed by atoms with Gasteiger partial charge in [-0.15, -0.1) is 0 Å². The smallest absolute Gasteiger partial charge is 0.190 e. The van der Waals surface area contributed by atoms with E-state index in [1.807, 2.05) is 0 Å². The third-order valence-corrected chi connectivity index (χ3v) is 9.60. The normalized spacial score (nSPS) is 29.8. The number of aliphatic hydroxyl groups excluding tert-OH is 4. The lowest BCUT2D eigenvalue weighted by Crippen LogP contribution is -2.54. The first-order valence-electron chi connectivity index (χ1n) is 15.4. The molecule has 1 saturated heterocycles. The van der Waals surface area contributed by atoms with Gasteiger partial charge in [0.1, 0.15) is 47.4 Å². The van der Waals surface area contributed by atoms with Gasteiger partial charge in [0.2, 0.25) is 0 Å². The number of hydrogen-bond acceptors (Lipinski definition) is 13. The van der Waals surface area contributed by atoms with Gasteiger partial charge >= 0.3 is 0 Å². The summed E-state index contributed by atoms with van der Waals surface area (Å²) in [6.07, 6.45) is -7.90. The molecule has 0 aromatic heterocycles. The van der Waals surface area contributed by atoms with Crippen LogP contribution in [-0.4, -0.2) is 90.5 Å². The van der Waals surface area contributed by atoms with Gasteiger partial charge < -0.3 is 60.4 Å². The number of aromatic hydroxyl groups is 3. The number of nitrogens with one attached hydrogen (secondary N) is 1. The highest BCUT2D eigenvalue weighted by atomic mass is 16.7. The van der Waals surface area contributed by atoms with E-state index >= 15 is 0 Å². The summed E-state index contributed by atoms with van der Waals surface area (Å²) in [4.78, 5) is 12.9. The second-order valence-corrected chi connectivity index (χ2v) is 12.5. The van der Waals surface area contributed by atoms with Crippen molar-refractivity contribution in [3.8, 4) is 23.0 Å². The van der Waals surface area contributed by atoms with E-state index in [1.54, 1.807) is 49.4 Å². The molecule has 3 aromatic carbocycles. The molecule has 3 aliphatic rings. The Hall–Kier alpha value is -3.79. The third-order valence-electron chi connectivity index (χ3n) is 9.60. The first-order chi connectivity index (χ1) is 22.4. The molecule has 47 heavy (non-hydrogen) atoms. The van der Waals surface area contributed by atoms with Crippen LogP contribution in [0, 0.1) is 0 Å². The van der Waals surface area contributed by atoms with Gasteiger partial charge in [-0.1, -0.05) is 24.3 Å². The van der Waals surface area contributed by atoms with Gasteiger partial charge in [0.25, 0.3) is 0 Å². The summed E-state index contributed by atoms with van der Waals surface area (Å²) in [7, 11) is 1.40. The van der Waals surface area contributed by atoms with Crippen molar-refractivity contribution in [2.45, 2.75) is 81.2 Å². The van der Waals surface area contributed by atoms with Crippen molar-refractivity contribution < 1.29 is 59.9 Å². The summed E-state index contributed by atoms with van der Waals surface area (Å²) < 4.78 is 17.7. The van der Waals surface area contributed by atoms with Crippen LogP contribution in [0.15, 0.2) is 42.5 Å². The molecule has 0 amide bonds. The van der Waals surface area contributed by atoms with Crippen molar-refractivity contribution in [1.82, 2.24) is 5.32 Å². The number of phenolic OH excluding ortho intramolecular Hbond substituents is 3. The molecule has 3 aromatic rings. The van der Waals surface area contributed by atoms with Crippen LogP contribution in [0.25, 0.3) is 0 Å². The van der Waals surface area contributed by atoms with E-state index < -0.39 is 85.2 Å². The van der Waals surface area contributed by atoms with Crippen molar-refractivity contribution >= 4 is 5.78 Å². The highest BCUT2D eigenvalue weighted by Gasteiger charge is 2.50. The fourth-order valence-electron chi connectivity index (χ4n) is 7.12. The van der Waals surface area contributed by atoms with E-state index in [2.05, 4.69) is 5.32 Å². The Labute approximate surface area is 270 Å². The Morgan fingerprint density at radius 2 is 1.68 bits per heavy atom. The number of methoxy groups -OCH3 is 1. The van der Waals surface area contributed by atoms with E-state index in [0.29, 0.717) is 6.54 Å². The van der Waals surface area contributed by atoms with Gasteiger partial charge in [-0.05, 0) is 36.2 Å². The number of hydrogen-bond donors (Lipinski definition) is 9. The average Bonchev–Trinajstić information content (AvgIpc) is 3.05. The van der Waals surface area contributed by atoms with E-state index in [4.69, 9.17) is 14.2 Å². The molecule has 13 nitrogen and oxygen atoms in total. The van der Waals surface area contributed by atoms with Gasteiger partial charge in [-0.25, -0.2) is 0 Å². The summed E-state index contributed by atoms with van der Waals surface area (Å²) in [6.45, 7) is 1.000. The van der Waals surface area contributed by atoms with Gasteiger partial charge in [-0.2, -0.15) is 0 Å². The van der Waals surface area contributed by atoms with Crippen LogP contribution in [-0.2, 0) is 27.2 Å². The number of carbonyl (C=O) groups excluding carboxylic acids is 1. The second kappa shape index (κ2) is 12.7. The highest BCUT2D eigenvalue weighted by Crippen LogP contribution is 2.57. The topological polar surface area (TPSA) is 219 Å². The van der Waals surface area contributed by atoms with Crippen molar-refractivity contribution in [3.63, 3.8) is 0 Å². The average molecular weight is 654 g/mol. The van der Waals surface area contributed by atoms with E-state index in [1.165, 1.54) is 7.11 Å². The lowest BCUT2D eigenvalue weighted by atomic mass is 9.71. The molecule has 1 heterocycles. The Bertz CT molecular complexity index is 1660. The number of rotatable bonds is 8. The molecule has 0 bridgehead atoms. The lowest BCUT2D eigenvalue weighted by molar-refractivity contribution is -0.250. The first kappa shape index (κ1) is 33.1. The maximum atomic E-state index is 12.9. The molecule has 9 N–H and O–H groups in total. The van der Waals surface area contributed by atoms with Crippen LogP contribution in [0.4, 0.5) is 0 Å². The van der Waals surface area contributed by atoms with Crippen LogP contribution >= 0.6 is 0 Å². The molecule has 2 aliphatic carbocycles. The summed E-state index contributed by atoms with van der Waals surface area (Å²) in [5, 5.41) is 91.3. The quantitative estimate of drug-likeness (QED) is 0.157. The Balaban J connectivity index is 1.38. The van der Waals surface area contributed by atoms with E-state index in [9.17, 15) is 45.6 Å². The number of ketones is 1. The summed E-state index contributed by atoms with van der Waals surface area (Å²) >= 11 is 0. The molecule has 0 spiro atoms. The molecule has 6 rings (SSSR count). The number of aliphatic hydroxyl groups is 5. The van der Waals surface area contributed by atoms with Crippen LogP contribution in [0.1, 0.15) is 77.0 Å². The largest absolute Gasteiger partial charge is 0.508 e. The number of carbonyl (C=O) groups is 1. The minimum Gasteiger partial charge on any atom is -0.508 e. The third kappa shape index (κ3) is 5.72. The van der Waals surface area contributed by atoms with E-state index in [-0.39, 0.29) is 51.3 Å². The lowest BCUT2D eigenvalue weighted by Gasteiger charge is -2.43. The fourth-order valence-corrected chi connectivity index (χ4v) is 7.12. The molecular weight excluding hydrogens is 614 g/mol. The molecule has 0 radical (unpaired) electrons. The molecule has 0 saturated carbocycles. The SMILES string of the molecule is COc1cccc2c1C(O)c1c(O)c3c(c(O)c1C2O)C[C@@](O)(C(=O)CO)C[C@@H]3OC1C[C@H](NCc2ccc(O)cc2)[C@H](O)[C@H](C)O1. The van der Waals surface area contributed by atoms with Crippen molar-refractivity contribution in [2.75, 3.05) is 13.7 Å². The zero-order valence-electron chi connectivity index (χ0n) is 25.8. The minimum atomic E-state index is -2.22. The number of phenols is 3. The first-order valence-corrected chi connectivity index (χ1v) is 15.4. The van der Waals surface area contributed by atoms with Gasteiger partial charge in [-0.3, -0.25) is 4.79 Å². The van der Waals surface area contributed by atoms with Gasteiger partial charge in [0, 0.05) is 59.7 Å². The predicted molar refractivity (Wildman–Crippen MR) is 164 cm³/mol. The van der Waals surface area contributed by atoms with Crippen LogP contribution in [0.5, 0.6) is 23.0 Å². The van der Waals surface area contributed by atoms with Crippen LogP contribution in [0.2, 0.25) is 0 Å². The second-order valence-electron chi connectivity index (χ2n) is 12.5. The molecule has 252 valence electrons. The van der Waals surface area contributed by atoms with Crippen molar-refractivity contribution in [3.05, 3.63) is 81.4 Å². The number of Topliss-reactive ketones (excluding diaryl/α,β-unsaturated/α-hetero) is 1. The number of benzene rings is 3. The zero-order valence-corrected chi connectivity index (χ0v) is 25.8. The molecule has 1 aliphatic heterocycles. The van der Waals surface area contributed by atoms with E-state index in [0.717, 1.165) is 5.56 Å². The Morgan fingerprint density at radius 1 is 0.979 bits per heavy atom. The van der Waals surface area contributed by atoms with Crippen molar-refractivity contribution in [1.29, 1.82) is 0 Å². The van der Waals surface area contributed by atoms with Crippen molar-refractivity contribution in [2.24, 2.45) is 0 Å². The van der Waals surface area contributed by atoms with Gasteiger partial charge in [0.15, 0.2) is 12.1 Å². The molecule has 1 fully saturated rings. The number of ether oxygens (including phenoxy) is 3. The Morgan fingerprint density at radius 3 is 2.36 bits per heavy atom. The highest BCUT2D eigenvalue weighted by molar-refractivity contribution is 5.89. The van der Waals surface area contributed by atoms with Crippen LogP contribution < -0.4 is 10.1 Å². The summed E-state index contributed by atoms with van der Waals surface area (Å²) in [5.74, 6) is -1.63. The maximum absolute atomic E-state index is 12.9. The molecule has 13 heteroatoms. The monoisotopic (exact) mass is 653 g/mol. The minimum absolute atomic E-state index is 0.0164. The zero-order chi connectivity index (χ0) is 33.8. The maximum Gasteiger partial charge on any atom is 0.190 e. The Kier molecular flexibility index (Phi) is 8.93. The summed E-state index contributed by atoms with van der Waals surface area (Å²) in [5.41, 5.74) is -1.42. The van der Waals surface area contributed by atoms with Crippen LogP contribution in [0.3, 0.4) is 0 Å². The molecule has 3 unspecified atom stereocenters.